The Morgan fingerprint density at radius 1 is 1.27 bits per heavy atom. The van der Waals surface area contributed by atoms with Crippen LogP contribution in [0.15, 0.2) is 47.9 Å². The topological polar surface area (TPSA) is 98.7 Å². The molecule has 0 saturated heterocycles. The van der Waals surface area contributed by atoms with Crippen LogP contribution < -0.4 is 11.2 Å². The lowest BCUT2D eigenvalue weighted by Gasteiger charge is -2.12. The van der Waals surface area contributed by atoms with Crippen LogP contribution in [0.4, 0.5) is 5.69 Å². The molecule has 26 heavy (non-hydrogen) atoms. The van der Waals surface area contributed by atoms with Gasteiger partial charge in [-0.2, -0.15) is 0 Å². The fourth-order valence-electron chi connectivity index (χ4n) is 2.13. The molecule has 0 spiro atoms. The molecule has 0 aliphatic carbocycles. The molecule has 0 bridgehead atoms. The van der Waals surface area contributed by atoms with E-state index < -0.39 is 5.25 Å². The van der Waals surface area contributed by atoms with Crippen molar-refractivity contribution in [2.45, 2.75) is 17.3 Å². The van der Waals surface area contributed by atoms with Gasteiger partial charge < -0.3 is 11.2 Å². The number of amides is 1. The van der Waals surface area contributed by atoms with Gasteiger partial charge in [0.15, 0.2) is 5.82 Å². The van der Waals surface area contributed by atoms with Crippen molar-refractivity contribution >= 4 is 46.6 Å². The lowest BCUT2D eigenvalue weighted by Crippen LogP contribution is -2.23. The normalized spacial score (nSPS) is 12.0. The average molecular weight is 409 g/mol. The van der Waals surface area contributed by atoms with Gasteiger partial charge in [-0.1, -0.05) is 35.0 Å². The van der Waals surface area contributed by atoms with Gasteiger partial charge in [-0.05, 0) is 37.3 Å². The number of carbonyl (C=O) groups excluding carboxylic acids is 1. The number of nitrogen functional groups attached to an aromatic ring is 1. The highest BCUT2D eigenvalue weighted by molar-refractivity contribution is 8.00. The molecule has 0 aliphatic rings. The molecule has 2 heterocycles. The van der Waals surface area contributed by atoms with Gasteiger partial charge in [0.1, 0.15) is 0 Å². The minimum absolute atomic E-state index is 0.237. The summed E-state index contributed by atoms with van der Waals surface area (Å²) in [5.41, 5.74) is 1.25. The Labute approximate surface area is 163 Å². The van der Waals surface area contributed by atoms with E-state index in [-0.39, 0.29) is 5.91 Å². The zero-order chi connectivity index (χ0) is 18.7. The first-order chi connectivity index (χ1) is 12.4. The molecule has 1 amide bonds. The lowest BCUT2D eigenvalue weighted by atomic mass is 10.3. The molecule has 0 saturated carbocycles. The minimum atomic E-state index is -0.471. The number of nitrogens with zero attached hydrogens (tertiary/aromatic N) is 4. The largest absolute Gasteiger partial charge is 0.335 e. The molecular weight excluding hydrogens is 395 g/mol. The van der Waals surface area contributed by atoms with Crippen LogP contribution in [0, 0.1) is 0 Å². The highest BCUT2D eigenvalue weighted by Crippen LogP contribution is 2.26. The maximum Gasteiger partial charge on any atom is 0.237 e. The number of carbonyl (C=O) groups is 1. The Morgan fingerprint density at radius 2 is 2.00 bits per heavy atom. The molecular formula is C16H14Cl2N6OS. The highest BCUT2D eigenvalue weighted by Gasteiger charge is 2.20. The maximum atomic E-state index is 12.4. The number of hydrogen-bond donors (Lipinski definition) is 2. The van der Waals surface area contributed by atoms with Gasteiger partial charge in [-0.15, -0.1) is 10.2 Å². The SMILES string of the molecule is C[C@H](Sc1nnc(-c2cccnc2)n1N)C(=O)Nc1cc(Cl)cc(Cl)c1. The predicted molar refractivity (Wildman–Crippen MR) is 104 cm³/mol. The summed E-state index contributed by atoms with van der Waals surface area (Å²) in [6.45, 7) is 1.74. The molecule has 0 radical (unpaired) electrons. The van der Waals surface area contributed by atoms with Gasteiger partial charge in [0, 0.05) is 33.7 Å². The van der Waals surface area contributed by atoms with Crippen LogP contribution in [0.3, 0.4) is 0 Å². The van der Waals surface area contributed by atoms with Crippen LogP contribution in [-0.2, 0) is 4.79 Å². The summed E-state index contributed by atoms with van der Waals surface area (Å²) in [5.74, 6) is 6.28. The van der Waals surface area contributed by atoms with Crippen molar-refractivity contribution in [3.63, 3.8) is 0 Å². The average Bonchev–Trinajstić information content (AvgIpc) is 2.95. The number of nitrogens with two attached hydrogens (primary N) is 1. The van der Waals surface area contributed by atoms with Gasteiger partial charge >= 0.3 is 0 Å². The standard InChI is InChI=1S/C16H14Cl2N6OS/c1-9(15(25)21-13-6-11(17)5-12(18)7-13)26-16-23-22-14(24(16)19)10-3-2-4-20-8-10/h2-9H,19H2,1H3,(H,21,25)/t9-/m0/s1. The van der Waals surface area contributed by atoms with Crippen molar-refractivity contribution in [3.8, 4) is 11.4 Å². The molecule has 3 N–H and O–H groups in total. The molecule has 1 aromatic carbocycles. The van der Waals surface area contributed by atoms with Gasteiger partial charge in [-0.25, -0.2) is 4.68 Å². The summed E-state index contributed by atoms with van der Waals surface area (Å²) in [7, 11) is 0. The molecule has 3 aromatic rings. The van der Waals surface area contributed by atoms with E-state index in [0.29, 0.717) is 26.7 Å². The second-order valence-electron chi connectivity index (χ2n) is 5.33. The summed E-state index contributed by atoms with van der Waals surface area (Å²) >= 11 is 13.1. The zero-order valence-corrected chi connectivity index (χ0v) is 15.9. The lowest BCUT2D eigenvalue weighted by molar-refractivity contribution is -0.115. The summed E-state index contributed by atoms with van der Waals surface area (Å²) in [6.07, 6.45) is 3.30. The van der Waals surface area contributed by atoms with E-state index in [0.717, 1.165) is 5.56 Å². The Bertz CT molecular complexity index is 913. The third-order valence-corrected chi connectivity index (χ3v) is 4.86. The molecule has 134 valence electrons. The van der Waals surface area contributed by atoms with E-state index in [1.54, 1.807) is 43.6 Å². The predicted octanol–water partition coefficient (Wildman–Crippen LogP) is 3.48. The summed E-state index contributed by atoms with van der Waals surface area (Å²) in [5, 5.41) is 11.7. The molecule has 0 fully saturated rings. The second kappa shape index (κ2) is 7.94. The van der Waals surface area contributed by atoms with Crippen molar-refractivity contribution in [1.82, 2.24) is 19.9 Å². The Kier molecular flexibility index (Phi) is 5.65. The Balaban J connectivity index is 1.71. The van der Waals surface area contributed by atoms with E-state index in [9.17, 15) is 4.79 Å². The number of halogens is 2. The number of thioether (sulfide) groups is 1. The van der Waals surface area contributed by atoms with E-state index in [2.05, 4.69) is 20.5 Å². The van der Waals surface area contributed by atoms with Crippen molar-refractivity contribution < 1.29 is 4.79 Å². The first-order valence-corrected chi connectivity index (χ1v) is 9.12. The van der Waals surface area contributed by atoms with E-state index in [4.69, 9.17) is 29.0 Å². The number of pyridine rings is 1. The van der Waals surface area contributed by atoms with Gasteiger partial charge in [0.25, 0.3) is 0 Å². The van der Waals surface area contributed by atoms with E-state index in [1.165, 1.54) is 16.4 Å². The summed E-state index contributed by atoms with van der Waals surface area (Å²) in [6, 6.07) is 8.44. The van der Waals surface area contributed by atoms with Gasteiger partial charge in [0.05, 0.1) is 5.25 Å². The first kappa shape index (κ1) is 18.5. The summed E-state index contributed by atoms with van der Waals surface area (Å²) in [4.78, 5) is 16.4. The van der Waals surface area contributed by atoms with Crippen LogP contribution in [0.2, 0.25) is 10.0 Å². The third-order valence-electron chi connectivity index (χ3n) is 3.37. The molecule has 0 unspecified atom stereocenters. The van der Waals surface area contributed by atoms with Crippen LogP contribution in [-0.4, -0.2) is 31.0 Å². The fraction of sp³-hybridized carbons (Fsp3) is 0.125. The van der Waals surface area contributed by atoms with Crippen molar-refractivity contribution in [1.29, 1.82) is 0 Å². The quantitative estimate of drug-likeness (QED) is 0.495. The van der Waals surface area contributed by atoms with Crippen LogP contribution in [0.5, 0.6) is 0 Å². The maximum absolute atomic E-state index is 12.4. The molecule has 7 nitrogen and oxygen atoms in total. The van der Waals surface area contributed by atoms with Gasteiger partial charge in [0.2, 0.25) is 11.1 Å². The van der Waals surface area contributed by atoms with Crippen molar-refractivity contribution in [2.75, 3.05) is 11.2 Å². The molecule has 10 heteroatoms. The molecule has 0 aliphatic heterocycles. The molecule has 1 atom stereocenters. The van der Waals surface area contributed by atoms with E-state index in [1.807, 2.05) is 6.07 Å². The Hall–Kier alpha value is -2.29. The molecule has 3 rings (SSSR count). The number of benzene rings is 1. The first-order valence-electron chi connectivity index (χ1n) is 7.48. The summed E-state index contributed by atoms with van der Waals surface area (Å²) < 4.78 is 1.34. The number of nitrogens with one attached hydrogen (secondary N) is 1. The van der Waals surface area contributed by atoms with Gasteiger partial charge in [-0.3, -0.25) is 9.78 Å². The van der Waals surface area contributed by atoms with Crippen molar-refractivity contribution in [3.05, 3.63) is 52.8 Å². The van der Waals surface area contributed by atoms with Crippen molar-refractivity contribution in [2.24, 2.45) is 0 Å². The smallest absolute Gasteiger partial charge is 0.237 e. The fourth-order valence-corrected chi connectivity index (χ4v) is 3.43. The van der Waals surface area contributed by atoms with Crippen LogP contribution >= 0.6 is 35.0 Å². The number of anilines is 1. The zero-order valence-electron chi connectivity index (χ0n) is 13.6. The van der Waals surface area contributed by atoms with Crippen LogP contribution in [0.25, 0.3) is 11.4 Å². The Morgan fingerprint density at radius 3 is 2.65 bits per heavy atom. The van der Waals surface area contributed by atoms with Crippen LogP contribution in [0.1, 0.15) is 6.92 Å². The van der Waals surface area contributed by atoms with E-state index >= 15 is 0 Å². The number of rotatable bonds is 5. The second-order valence-corrected chi connectivity index (χ2v) is 7.51. The number of aromatic nitrogens is 4. The highest BCUT2D eigenvalue weighted by atomic mass is 35.5. The third kappa shape index (κ3) is 4.27. The minimum Gasteiger partial charge on any atom is -0.335 e. The molecule has 2 aromatic heterocycles. The number of hydrogen-bond acceptors (Lipinski definition) is 6. The monoisotopic (exact) mass is 408 g/mol.